The van der Waals surface area contributed by atoms with E-state index in [1.54, 1.807) is 34.6 Å². The lowest BCUT2D eigenvalue weighted by molar-refractivity contribution is -0.241. The van der Waals surface area contributed by atoms with Gasteiger partial charge in [0.25, 0.3) is 0 Å². The SMILES string of the molecule is CCOP(=O)(OCC)C(N([O])C(C)(C)C)C(C)(C)C. The third-order valence-corrected chi connectivity index (χ3v) is 5.40. The Kier molecular flexibility index (Phi) is 6.71. The molecule has 0 aliphatic rings. The lowest BCUT2D eigenvalue weighted by atomic mass is 9.94. The molecule has 0 rings (SSSR count). The summed E-state index contributed by atoms with van der Waals surface area (Å²) in [7, 11) is -3.49. The molecule has 0 aliphatic heterocycles. The van der Waals surface area contributed by atoms with Crippen LogP contribution in [0.5, 0.6) is 0 Å². The van der Waals surface area contributed by atoms with Crippen molar-refractivity contribution in [2.24, 2.45) is 5.41 Å². The zero-order chi connectivity index (χ0) is 15.5. The van der Waals surface area contributed by atoms with Gasteiger partial charge in [-0.25, -0.2) is 0 Å². The largest absolute Gasteiger partial charge is 0.350 e. The van der Waals surface area contributed by atoms with Gasteiger partial charge in [-0.3, -0.25) is 4.57 Å². The van der Waals surface area contributed by atoms with Gasteiger partial charge in [-0.2, -0.15) is 0 Å². The van der Waals surface area contributed by atoms with Crippen LogP contribution in [0, 0.1) is 5.41 Å². The molecule has 0 saturated heterocycles. The molecule has 0 aromatic rings. The molecular formula is C13H29NO4P. The maximum Gasteiger partial charge on any atom is 0.350 e. The summed E-state index contributed by atoms with van der Waals surface area (Å²) in [5.74, 6) is -0.833. The molecule has 0 aliphatic carbocycles. The Morgan fingerprint density at radius 1 is 1.00 bits per heavy atom. The van der Waals surface area contributed by atoms with Gasteiger partial charge in [-0.05, 0) is 40.0 Å². The minimum Gasteiger partial charge on any atom is -0.308 e. The predicted molar refractivity (Wildman–Crippen MR) is 76.4 cm³/mol. The summed E-state index contributed by atoms with van der Waals surface area (Å²) in [4.78, 5) is 0. The van der Waals surface area contributed by atoms with Crippen molar-refractivity contribution in [3.63, 3.8) is 0 Å². The predicted octanol–water partition coefficient (Wildman–Crippen LogP) is 4.07. The molecule has 0 spiro atoms. The lowest BCUT2D eigenvalue weighted by Gasteiger charge is -2.43. The molecule has 0 N–H and O–H groups in total. The van der Waals surface area contributed by atoms with Crippen LogP contribution in [0.1, 0.15) is 55.4 Å². The third-order valence-electron chi connectivity index (χ3n) is 2.58. The Bertz CT molecular complexity index is 310. The van der Waals surface area contributed by atoms with Gasteiger partial charge in [0.15, 0.2) is 0 Å². The molecule has 5 nitrogen and oxygen atoms in total. The Balaban J connectivity index is 5.64. The summed E-state index contributed by atoms with van der Waals surface area (Å²) < 4.78 is 23.7. The van der Waals surface area contributed by atoms with Crippen molar-refractivity contribution in [3.8, 4) is 0 Å². The van der Waals surface area contributed by atoms with E-state index in [2.05, 4.69) is 0 Å². The Morgan fingerprint density at radius 2 is 1.37 bits per heavy atom. The standard InChI is InChI=1S/C13H29NO4P/c1-9-17-19(16,18-10-2)11(12(3,4)5)14(15)13(6,7)8/h11H,9-10H2,1-8H3. The van der Waals surface area contributed by atoms with Gasteiger partial charge in [-0.15, -0.1) is 10.3 Å². The fourth-order valence-corrected chi connectivity index (χ4v) is 4.49. The van der Waals surface area contributed by atoms with E-state index in [0.29, 0.717) is 0 Å². The molecule has 0 amide bonds. The topological polar surface area (TPSA) is 58.7 Å². The summed E-state index contributed by atoms with van der Waals surface area (Å²) in [5.41, 5.74) is -1.18. The van der Waals surface area contributed by atoms with Crippen LogP contribution in [0.15, 0.2) is 0 Å². The van der Waals surface area contributed by atoms with E-state index in [0.717, 1.165) is 5.06 Å². The number of hydrogen-bond acceptors (Lipinski definition) is 4. The molecule has 19 heavy (non-hydrogen) atoms. The van der Waals surface area contributed by atoms with E-state index in [1.807, 2.05) is 20.8 Å². The zero-order valence-electron chi connectivity index (χ0n) is 13.5. The average Bonchev–Trinajstić information content (AvgIpc) is 2.13. The normalized spacial score (nSPS) is 15.9. The van der Waals surface area contributed by atoms with Crippen LogP contribution in [-0.4, -0.2) is 29.6 Å². The van der Waals surface area contributed by atoms with E-state index in [1.165, 1.54) is 0 Å². The van der Waals surface area contributed by atoms with Crippen molar-refractivity contribution in [3.05, 3.63) is 0 Å². The summed E-state index contributed by atoms with van der Waals surface area (Å²) >= 11 is 0. The highest BCUT2D eigenvalue weighted by Gasteiger charge is 2.50. The zero-order valence-corrected chi connectivity index (χ0v) is 14.4. The van der Waals surface area contributed by atoms with Crippen LogP contribution >= 0.6 is 7.60 Å². The molecule has 0 heterocycles. The minimum absolute atomic E-state index is 0.252. The van der Waals surface area contributed by atoms with Crippen LogP contribution in [0.25, 0.3) is 0 Å². The van der Waals surface area contributed by atoms with E-state index < -0.39 is 24.3 Å². The minimum atomic E-state index is -3.49. The second-order valence-corrected chi connectivity index (χ2v) is 8.70. The first-order chi connectivity index (χ1) is 8.40. The van der Waals surface area contributed by atoms with Crippen molar-refractivity contribution >= 4 is 7.60 Å². The molecule has 0 aromatic heterocycles. The first-order valence-electron chi connectivity index (χ1n) is 6.75. The first-order valence-corrected chi connectivity index (χ1v) is 8.36. The first kappa shape index (κ1) is 19.1. The molecule has 0 saturated carbocycles. The molecule has 6 heteroatoms. The molecule has 1 radical (unpaired) electrons. The van der Waals surface area contributed by atoms with Crippen molar-refractivity contribution < 1.29 is 18.8 Å². The summed E-state index contributed by atoms with van der Waals surface area (Å²) in [6, 6.07) is 0. The molecule has 0 bridgehead atoms. The Labute approximate surface area is 117 Å². The van der Waals surface area contributed by atoms with E-state index in [9.17, 15) is 9.77 Å². The fourth-order valence-electron chi connectivity index (χ4n) is 1.86. The quantitative estimate of drug-likeness (QED) is 0.547. The fraction of sp³-hybridized carbons (Fsp3) is 1.00. The van der Waals surface area contributed by atoms with Gasteiger partial charge in [0.1, 0.15) is 5.78 Å². The number of hydroxylamine groups is 2. The lowest BCUT2D eigenvalue weighted by Crippen LogP contribution is -2.50. The molecule has 0 fully saturated rings. The number of hydrogen-bond donors (Lipinski definition) is 0. The molecular weight excluding hydrogens is 265 g/mol. The third kappa shape index (κ3) is 5.16. The van der Waals surface area contributed by atoms with Crippen LogP contribution in [0.3, 0.4) is 0 Å². The van der Waals surface area contributed by atoms with Crippen molar-refractivity contribution in [1.29, 1.82) is 0 Å². The maximum atomic E-state index is 13.0. The summed E-state index contributed by atoms with van der Waals surface area (Å²) in [6.45, 7) is 15.0. The van der Waals surface area contributed by atoms with Crippen molar-refractivity contribution in [1.82, 2.24) is 5.06 Å². The van der Waals surface area contributed by atoms with Crippen LogP contribution < -0.4 is 0 Å². The average molecular weight is 294 g/mol. The summed E-state index contributed by atoms with van der Waals surface area (Å²) in [6.07, 6.45) is 0. The van der Waals surface area contributed by atoms with Crippen molar-refractivity contribution in [2.45, 2.75) is 66.7 Å². The van der Waals surface area contributed by atoms with Crippen LogP contribution in [0.4, 0.5) is 0 Å². The van der Waals surface area contributed by atoms with E-state index in [4.69, 9.17) is 9.05 Å². The van der Waals surface area contributed by atoms with E-state index >= 15 is 0 Å². The molecule has 1 unspecified atom stereocenters. The van der Waals surface area contributed by atoms with Crippen LogP contribution in [0.2, 0.25) is 0 Å². The van der Waals surface area contributed by atoms with Gasteiger partial charge in [0, 0.05) is 5.54 Å². The maximum absolute atomic E-state index is 13.0. The highest BCUT2D eigenvalue weighted by Crippen LogP contribution is 2.60. The Hall–Kier alpha value is 0.0700. The van der Waals surface area contributed by atoms with Gasteiger partial charge < -0.3 is 9.05 Å². The second kappa shape index (κ2) is 6.68. The smallest absolute Gasteiger partial charge is 0.308 e. The van der Waals surface area contributed by atoms with Gasteiger partial charge in [-0.1, -0.05) is 20.8 Å². The molecule has 115 valence electrons. The van der Waals surface area contributed by atoms with Gasteiger partial charge in [0.2, 0.25) is 0 Å². The van der Waals surface area contributed by atoms with Crippen molar-refractivity contribution in [2.75, 3.05) is 13.2 Å². The number of rotatable bonds is 6. The van der Waals surface area contributed by atoms with Gasteiger partial charge in [0.05, 0.1) is 13.2 Å². The second-order valence-electron chi connectivity index (χ2n) is 6.61. The monoisotopic (exact) mass is 294 g/mol. The Morgan fingerprint density at radius 3 is 1.58 bits per heavy atom. The van der Waals surface area contributed by atoms with Crippen LogP contribution in [-0.2, 0) is 18.8 Å². The molecule has 0 aromatic carbocycles. The number of nitrogens with zero attached hydrogens (tertiary/aromatic N) is 1. The summed E-state index contributed by atoms with van der Waals surface area (Å²) in [5, 5.41) is 13.5. The van der Waals surface area contributed by atoms with Gasteiger partial charge >= 0.3 is 7.60 Å². The molecule has 1 atom stereocenters. The highest BCUT2D eigenvalue weighted by molar-refractivity contribution is 7.54. The highest BCUT2D eigenvalue weighted by atomic mass is 31.2. The van der Waals surface area contributed by atoms with E-state index in [-0.39, 0.29) is 13.2 Å².